The predicted octanol–water partition coefficient (Wildman–Crippen LogP) is -0.899. The van der Waals surface area contributed by atoms with Crippen LogP contribution in [0.5, 0.6) is 0 Å². The zero-order valence-corrected chi connectivity index (χ0v) is 8.98. The minimum Gasteiger partial charge on any atom is -0.480 e. The quantitative estimate of drug-likeness (QED) is 0.541. The molecule has 92 valence electrons. The molecule has 0 aromatic carbocycles. The van der Waals surface area contributed by atoms with Crippen LogP contribution in [-0.4, -0.2) is 25.1 Å². The van der Waals surface area contributed by atoms with E-state index in [0.717, 1.165) is 7.05 Å². The molecule has 0 unspecified atom stereocenters. The lowest BCUT2D eigenvalue weighted by atomic mass is 10.3. The van der Waals surface area contributed by atoms with E-state index >= 15 is 0 Å². The zero-order chi connectivity index (χ0) is 13.3. The first-order valence-corrected chi connectivity index (χ1v) is 4.46. The Hall–Kier alpha value is -2.45. The van der Waals surface area contributed by atoms with Crippen molar-refractivity contribution in [1.29, 1.82) is 0 Å². The smallest absolute Gasteiger partial charge is 0.350 e. The van der Waals surface area contributed by atoms with Gasteiger partial charge in [0.1, 0.15) is 6.04 Å². The van der Waals surface area contributed by atoms with Gasteiger partial charge < -0.3 is 5.11 Å². The Morgan fingerprint density at radius 2 is 2.06 bits per heavy atom. The number of nitrogens with zero attached hydrogens (tertiary/aromatic N) is 3. The van der Waals surface area contributed by atoms with Crippen LogP contribution < -0.4 is 11.2 Å². The van der Waals surface area contributed by atoms with Gasteiger partial charge in [-0.25, -0.2) is 9.59 Å². The Labute approximate surface area is 93.7 Å². The number of aromatic nitrogens is 2. The molecule has 17 heavy (non-hydrogen) atoms. The molecule has 9 nitrogen and oxygen atoms in total. The number of carboxylic acid groups (broad SMARTS) is 1. The fourth-order valence-electron chi connectivity index (χ4n) is 1.20. The lowest BCUT2D eigenvalue weighted by Crippen LogP contribution is -2.41. The van der Waals surface area contributed by atoms with Gasteiger partial charge in [0.25, 0.3) is 0 Å². The van der Waals surface area contributed by atoms with Crippen LogP contribution in [0.15, 0.2) is 15.8 Å². The summed E-state index contributed by atoms with van der Waals surface area (Å²) in [6.07, 6.45) is 0.642. The molecule has 0 aliphatic heterocycles. The lowest BCUT2D eigenvalue weighted by Gasteiger charge is -2.10. The van der Waals surface area contributed by atoms with Gasteiger partial charge in [-0.1, -0.05) is 0 Å². The third-order valence-electron chi connectivity index (χ3n) is 2.26. The van der Waals surface area contributed by atoms with Crippen molar-refractivity contribution >= 4 is 11.7 Å². The summed E-state index contributed by atoms with van der Waals surface area (Å²) in [7, 11) is 1.04. The van der Waals surface area contributed by atoms with Gasteiger partial charge in [-0.3, -0.25) is 24.0 Å². The average Bonchev–Trinajstić information content (AvgIpc) is 2.24. The highest BCUT2D eigenvalue weighted by Gasteiger charge is 2.23. The molecule has 1 heterocycles. The Balaban J connectivity index is 3.65. The topological polar surface area (TPSA) is 124 Å². The molecule has 1 atom stereocenters. The van der Waals surface area contributed by atoms with Gasteiger partial charge >= 0.3 is 22.9 Å². The van der Waals surface area contributed by atoms with Gasteiger partial charge in [0.15, 0.2) is 0 Å². The SMILES string of the molecule is C[C@H](C(=O)O)n1cc([N+](=O)[O-])c(=O)n(C)c1=O. The Bertz CT molecular complexity index is 598. The van der Waals surface area contributed by atoms with E-state index in [1.165, 1.54) is 6.92 Å². The number of carboxylic acids is 1. The summed E-state index contributed by atoms with van der Waals surface area (Å²) in [5.41, 5.74) is -2.84. The second kappa shape index (κ2) is 4.20. The zero-order valence-electron chi connectivity index (χ0n) is 8.98. The number of hydrogen-bond donors (Lipinski definition) is 1. The van der Waals surface area contributed by atoms with E-state index in [9.17, 15) is 24.5 Å². The van der Waals surface area contributed by atoms with Crippen molar-refractivity contribution in [2.24, 2.45) is 7.05 Å². The van der Waals surface area contributed by atoms with Crippen LogP contribution in [0.25, 0.3) is 0 Å². The Kier molecular flexibility index (Phi) is 3.12. The third kappa shape index (κ3) is 2.07. The first-order chi connectivity index (χ1) is 7.77. The van der Waals surface area contributed by atoms with Crippen molar-refractivity contribution < 1.29 is 14.8 Å². The molecule has 0 aliphatic rings. The molecular formula is C8H9N3O6. The van der Waals surface area contributed by atoms with Crippen LogP contribution >= 0.6 is 0 Å². The predicted molar refractivity (Wildman–Crippen MR) is 54.9 cm³/mol. The number of hydrogen-bond acceptors (Lipinski definition) is 5. The molecule has 9 heteroatoms. The maximum absolute atomic E-state index is 11.6. The van der Waals surface area contributed by atoms with Crippen LogP contribution in [0.3, 0.4) is 0 Å². The lowest BCUT2D eigenvalue weighted by molar-refractivity contribution is -0.387. The summed E-state index contributed by atoms with van der Waals surface area (Å²) < 4.78 is 1.12. The molecule has 1 rings (SSSR count). The van der Waals surface area contributed by atoms with E-state index in [-0.39, 0.29) is 0 Å². The first kappa shape index (κ1) is 12.6. The molecule has 0 fully saturated rings. The van der Waals surface area contributed by atoms with E-state index in [1.807, 2.05) is 0 Å². The summed E-state index contributed by atoms with van der Waals surface area (Å²) >= 11 is 0. The number of carbonyl (C=O) groups is 1. The van der Waals surface area contributed by atoms with Crippen LogP contribution in [0.4, 0.5) is 5.69 Å². The highest BCUT2D eigenvalue weighted by molar-refractivity contribution is 5.71. The van der Waals surface area contributed by atoms with Gasteiger partial charge in [-0.15, -0.1) is 0 Å². The van der Waals surface area contributed by atoms with Crippen LogP contribution in [0.1, 0.15) is 13.0 Å². The molecular weight excluding hydrogens is 234 g/mol. The number of aliphatic carboxylic acids is 1. The molecule has 0 amide bonds. The van der Waals surface area contributed by atoms with Crippen molar-refractivity contribution in [3.05, 3.63) is 37.1 Å². The molecule has 1 N–H and O–H groups in total. The number of rotatable bonds is 3. The fourth-order valence-corrected chi connectivity index (χ4v) is 1.20. The molecule has 0 aliphatic carbocycles. The monoisotopic (exact) mass is 243 g/mol. The van der Waals surface area contributed by atoms with Crippen molar-refractivity contribution in [1.82, 2.24) is 9.13 Å². The molecule has 0 bridgehead atoms. The first-order valence-electron chi connectivity index (χ1n) is 4.46. The van der Waals surface area contributed by atoms with Crippen molar-refractivity contribution in [2.75, 3.05) is 0 Å². The van der Waals surface area contributed by atoms with E-state index in [4.69, 9.17) is 5.11 Å². The van der Waals surface area contributed by atoms with Gasteiger partial charge in [-0.2, -0.15) is 0 Å². The van der Waals surface area contributed by atoms with Gasteiger partial charge in [0, 0.05) is 7.05 Å². The fraction of sp³-hybridized carbons (Fsp3) is 0.375. The summed E-state index contributed by atoms with van der Waals surface area (Å²) in [6, 6.07) is -1.30. The second-order valence-corrected chi connectivity index (χ2v) is 3.34. The molecule has 0 spiro atoms. The normalized spacial score (nSPS) is 12.1. The van der Waals surface area contributed by atoms with Crippen molar-refractivity contribution in [3.63, 3.8) is 0 Å². The van der Waals surface area contributed by atoms with E-state index in [0.29, 0.717) is 15.3 Å². The van der Waals surface area contributed by atoms with Crippen LogP contribution in [0.2, 0.25) is 0 Å². The highest BCUT2D eigenvalue weighted by atomic mass is 16.6. The third-order valence-corrected chi connectivity index (χ3v) is 2.26. The number of nitro groups is 1. The minimum atomic E-state index is -1.33. The molecule has 1 aromatic heterocycles. The maximum atomic E-state index is 11.6. The van der Waals surface area contributed by atoms with Crippen molar-refractivity contribution in [2.45, 2.75) is 13.0 Å². The molecule has 0 saturated heterocycles. The Morgan fingerprint density at radius 3 is 2.47 bits per heavy atom. The summed E-state index contributed by atoms with van der Waals surface area (Å²) in [5.74, 6) is -1.33. The van der Waals surface area contributed by atoms with E-state index < -0.39 is 33.9 Å². The van der Waals surface area contributed by atoms with E-state index in [2.05, 4.69) is 0 Å². The standard InChI is InChI=1S/C8H9N3O6/c1-4(7(13)14)10-3-5(11(16)17)6(12)9(2)8(10)15/h3-4H,1-2H3,(H,13,14)/t4-/m1/s1. The van der Waals surface area contributed by atoms with E-state index in [1.54, 1.807) is 0 Å². The summed E-state index contributed by atoms with van der Waals surface area (Å²) in [4.78, 5) is 43.2. The Morgan fingerprint density at radius 1 is 1.53 bits per heavy atom. The van der Waals surface area contributed by atoms with Crippen LogP contribution in [-0.2, 0) is 11.8 Å². The molecule has 1 aromatic rings. The summed E-state index contributed by atoms with van der Waals surface area (Å²) in [5, 5.41) is 19.3. The molecule has 0 radical (unpaired) electrons. The largest absolute Gasteiger partial charge is 0.480 e. The van der Waals surface area contributed by atoms with Gasteiger partial charge in [0.05, 0.1) is 11.1 Å². The highest BCUT2D eigenvalue weighted by Crippen LogP contribution is 2.06. The second-order valence-electron chi connectivity index (χ2n) is 3.34. The van der Waals surface area contributed by atoms with Gasteiger partial charge in [-0.05, 0) is 6.92 Å². The maximum Gasteiger partial charge on any atom is 0.350 e. The van der Waals surface area contributed by atoms with Crippen LogP contribution in [0, 0.1) is 10.1 Å². The molecule has 0 saturated carbocycles. The summed E-state index contributed by atoms with van der Waals surface area (Å²) in [6.45, 7) is 1.18. The minimum absolute atomic E-state index is 0.498. The van der Waals surface area contributed by atoms with Gasteiger partial charge in [0.2, 0.25) is 0 Å². The van der Waals surface area contributed by atoms with Crippen molar-refractivity contribution in [3.8, 4) is 0 Å². The average molecular weight is 243 g/mol.